The Balaban J connectivity index is 2.15. The van der Waals surface area contributed by atoms with Gasteiger partial charge < -0.3 is 0 Å². The van der Waals surface area contributed by atoms with E-state index in [0.29, 0.717) is 18.8 Å². The van der Waals surface area contributed by atoms with Gasteiger partial charge in [0.05, 0.1) is 5.92 Å². The van der Waals surface area contributed by atoms with Crippen LogP contribution in [0.1, 0.15) is 26.7 Å². The van der Waals surface area contributed by atoms with E-state index in [2.05, 4.69) is 31.3 Å². The van der Waals surface area contributed by atoms with Gasteiger partial charge in [0.2, 0.25) is 11.8 Å². The number of carbonyl (C=O) groups is 2. The SMILES string of the molecule is CC(C)C1=C/C=C\C(C2CCC(=O)NC2=O)=C/C=C\1. The number of carbonyl (C=O) groups excluding carboxylic acids is 2. The monoisotopic (exact) mass is 257 g/mol. The summed E-state index contributed by atoms with van der Waals surface area (Å²) < 4.78 is 0. The Labute approximate surface area is 113 Å². The highest BCUT2D eigenvalue weighted by Crippen LogP contribution is 2.24. The minimum atomic E-state index is -0.215. The molecule has 1 N–H and O–H groups in total. The van der Waals surface area contributed by atoms with E-state index in [1.165, 1.54) is 5.57 Å². The van der Waals surface area contributed by atoms with Gasteiger partial charge in [0.1, 0.15) is 0 Å². The third-order valence-corrected chi connectivity index (χ3v) is 3.46. The van der Waals surface area contributed by atoms with Gasteiger partial charge in [0.15, 0.2) is 0 Å². The van der Waals surface area contributed by atoms with E-state index in [-0.39, 0.29) is 17.7 Å². The molecule has 2 amide bonds. The van der Waals surface area contributed by atoms with Crippen molar-refractivity contribution < 1.29 is 9.59 Å². The third kappa shape index (κ3) is 3.31. The summed E-state index contributed by atoms with van der Waals surface area (Å²) in [6.07, 6.45) is 13.0. The van der Waals surface area contributed by atoms with Crippen molar-refractivity contribution in [2.75, 3.05) is 0 Å². The van der Waals surface area contributed by atoms with Crippen LogP contribution in [0.5, 0.6) is 0 Å². The van der Waals surface area contributed by atoms with E-state index in [9.17, 15) is 9.59 Å². The van der Waals surface area contributed by atoms with Crippen molar-refractivity contribution >= 4 is 11.8 Å². The van der Waals surface area contributed by atoms with Gasteiger partial charge in [-0.3, -0.25) is 14.9 Å². The molecule has 2 rings (SSSR count). The Hall–Kier alpha value is -1.90. The third-order valence-electron chi connectivity index (χ3n) is 3.46. The Bertz CT molecular complexity index is 507. The summed E-state index contributed by atoms with van der Waals surface area (Å²) in [6, 6.07) is 0. The molecule has 1 aliphatic heterocycles. The van der Waals surface area contributed by atoms with Gasteiger partial charge in [-0.1, -0.05) is 50.3 Å². The van der Waals surface area contributed by atoms with Crippen LogP contribution < -0.4 is 5.32 Å². The number of allylic oxidation sites excluding steroid dienone is 7. The van der Waals surface area contributed by atoms with Gasteiger partial charge >= 0.3 is 0 Å². The maximum absolute atomic E-state index is 11.8. The molecular formula is C16H19NO2. The molecule has 0 aromatic heterocycles. The molecule has 0 bridgehead atoms. The number of amides is 2. The Kier molecular flexibility index (Phi) is 4.15. The van der Waals surface area contributed by atoms with Gasteiger partial charge in [-0.15, -0.1) is 0 Å². The molecule has 19 heavy (non-hydrogen) atoms. The number of rotatable bonds is 2. The average molecular weight is 257 g/mol. The van der Waals surface area contributed by atoms with Gasteiger partial charge in [-0.2, -0.15) is 0 Å². The summed E-state index contributed by atoms with van der Waals surface area (Å²) in [6.45, 7) is 4.30. The number of hydrogen-bond donors (Lipinski definition) is 1. The normalized spacial score (nSPS) is 32.5. The maximum atomic E-state index is 11.8. The minimum Gasteiger partial charge on any atom is -0.296 e. The van der Waals surface area contributed by atoms with E-state index >= 15 is 0 Å². The highest BCUT2D eigenvalue weighted by atomic mass is 16.2. The summed E-state index contributed by atoms with van der Waals surface area (Å²) in [7, 11) is 0. The maximum Gasteiger partial charge on any atom is 0.234 e. The van der Waals surface area contributed by atoms with Gasteiger partial charge in [0.25, 0.3) is 0 Å². The molecule has 3 heteroatoms. The van der Waals surface area contributed by atoms with E-state index in [1.54, 1.807) is 0 Å². The molecule has 1 atom stereocenters. The molecule has 0 spiro atoms. The molecular weight excluding hydrogens is 238 g/mol. The van der Waals surface area contributed by atoms with Crippen LogP contribution in [-0.4, -0.2) is 11.8 Å². The molecule has 1 heterocycles. The van der Waals surface area contributed by atoms with Crippen molar-refractivity contribution in [1.29, 1.82) is 0 Å². The number of piperidine rings is 1. The topological polar surface area (TPSA) is 46.2 Å². The predicted molar refractivity (Wildman–Crippen MR) is 75.2 cm³/mol. The van der Waals surface area contributed by atoms with Crippen molar-refractivity contribution in [3.05, 3.63) is 47.6 Å². The predicted octanol–water partition coefficient (Wildman–Crippen LogP) is 2.67. The Morgan fingerprint density at radius 3 is 2.58 bits per heavy atom. The van der Waals surface area contributed by atoms with Gasteiger partial charge in [-0.25, -0.2) is 0 Å². The van der Waals surface area contributed by atoms with E-state index in [1.807, 2.05) is 24.3 Å². The summed E-state index contributed by atoms with van der Waals surface area (Å²) in [5, 5.41) is 2.40. The molecule has 1 unspecified atom stereocenters. The molecule has 0 radical (unpaired) electrons. The molecule has 3 nitrogen and oxygen atoms in total. The van der Waals surface area contributed by atoms with E-state index < -0.39 is 0 Å². The number of imide groups is 1. The second-order valence-electron chi connectivity index (χ2n) is 5.21. The summed E-state index contributed by atoms with van der Waals surface area (Å²) in [5.74, 6) is -0.0950. The average Bonchev–Trinajstić information content (AvgIpc) is 2.29. The second kappa shape index (κ2) is 5.83. The molecule has 2 aliphatic rings. The second-order valence-corrected chi connectivity index (χ2v) is 5.21. The smallest absolute Gasteiger partial charge is 0.234 e. The highest BCUT2D eigenvalue weighted by molar-refractivity contribution is 6.00. The number of nitrogens with one attached hydrogen (secondary N) is 1. The standard InChI is InChI=1S/C16H19NO2/c1-11(2)12-5-3-7-13(8-4-6-12)14-9-10-15(18)17-16(14)19/h3-8,11,14H,9-10H2,1-2H3,(H,17,18,19)/b5-3-,6-4?,7-3?,8-4-,12-5?,12-6+,13-7+,13-8?. The lowest BCUT2D eigenvalue weighted by Crippen LogP contribution is -2.41. The van der Waals surface area contributed by atoms with Crippen LogP contribution in [0.2, 0.25) is 0 Å². The molecule has 1 saturated heterocycles. The van der Waals surface area contributed by atoms with Crippen molar-refractivity contribution in [2.24, 2.45) is 11.8 Å². The van der Waals surface area contributed by atoms with Crippen molar-refractivity contribution in [1.82, 2.24) is 5.32 Å². The van der Waals surface area contributed by atoms with E-state index in [0.717, 1.165) is 5.57 Å². The first kappa shape index (κ1) is 13.5. The minimum absolute atomic E-state index is 0.172. The molecule has 0 aromatic carbocycles. The number of hydrogen-bond acceptors (Lipinski definition) is 2. The fourth-order valence-electron chi connectivity index (χ4n) is 2.28. The molecule has 0 saturated carbocycles. The first-order valence-electron chi connectivity index (χ1n) is 6.68. The lowest BCUT2D eigenvalue weighted by Gasteiger charge is -2.22. The summed E-state index contributed by atoms with van der Waals surface area (Å²) in [5.41, 5.74) is 2.22. The van der Waals surface area contributed by atoms with Crippen molar-refractivity contribution in [3.8, 4) is 0 Å². The fraction of sp³-hybridized carbons (Fsp3) is 0.375. The zero-order valence-corrected chi connectivity index (χ0v) is 11.3. The Morgan fingerprint density at radius 1 is 1.16 bits per heavy atom. The first-order chi connectivity index (χ1) is 9.08. The zero-order valence-electron chi connectivity index (χ0n) is 11.3. The van der Waals surface area contributed by atoms with Crippen LogP contribution in [-0.2, 0) is 9.59 Å². The van der Waals surface area contributed by atoms with Crippen LogP contribution in [0.25, 0.3) is 0 Å². The van der Waals surface area contributed by atoms with E-state index in [4.69, 9.17) is 0 Å². The van der Waals surface area contributed by atoms with Crippen molar-refractivity contribution in [3.63, 3.8) is 0 Å². The van der Waals surface area contributed by atoms with Crippen LogP contribution in [0.4, 0.5) is 0 Å². The summed E-state index contributed by atoms with van der Waals surface area (Å²) >= 11 is 0. The van der Waals surface area contributed by atoms with Crippen LogP contribution in [0.3, 0.4) is 0 Å². The fourth-order valence-corrected chi connectivity index (χ4v) is 2.28. The zero-order chi connectivity index (χ0) is 13.8. The lowest BCUT2D eigenvalue weighted by molar-refractivity contribution is -0.135. The largest absolute Gasteiger partial charge is 0.296 e. The summed E-state index contributed by atoms with van der Waals surface area (Å²) in [4.78, 5) is 23.0. The van der Waals surface area contributed by atoms with Crippen LogP contribution >= 0.6 is 0 Å². The van der Waals surface area contributed by atoms with Crippen molar-refractivity contribution in [2.45, 2.75) is 26.7 Å². The highest BCUT2D eigenvalue weighted by Gasteiger charge is 2.28. The molecule has 1 fully saturated rings. The van der Waals surface area contributed by atoms with Gasteiger partial charge in [-0.05, 0) is 23.5 Å². The molecule has 100 valence electrons. The Morgan fingerprint density at radius 2 is 1.89 bits per heavy atom. The van der Waals surface area contributed by atoms with Gasteiger partial charge in [0, 0.05) is 6.42 Å². The van der Waals surface area contributed by atoms with Crippen LogP contribution in [0, 0.1) is 11.8 Å². The quantitative estimate of drug-likeness (QED) is 0.773. The van der Waals surface area contributed by atoms with Crippen LogP contribution in [0.15, 0.2) is 47.6 Å². The molecule has 0 aromatic rings. The molecule has 1 aliphatic carbocycles. The lowest BCUT2D eigenvalue weighted by atomic mass is 9.88. The first-order valence-corrected chi connectivity index (χ1v) is 6.68.